The van der Waals surface area contributed by atoms with E-state index in [0.29, 0.717) is 5.88 Å². The molecule has 0 atom stereocenters. The van der Waals surface area contributed by atoms with Gasteiger partial charge >= 0.3 is 0 Å². The van der Waals surface area contributed by atoms with Crippen molar-refractivity contribution in [1.82, 2.24) is 9.78 Å². The number of unbranched alkanes of at least 4 members (excludes halogenated alkanes) is 2. The van der Waals surface area contributed by atoms with Gasteiger partial charge in [-0.3, -0.25) is 0 Å². The minimum Gasteiger partial charge on any atom is -0.493 e. The molecule has 16 heavy (non-hydrogen) atoms. The predicted molar refractivity (Wildman–Crippen MR) is 66.8 cm³/mol. The molecule has 1 aromatic heterocycles. The van der Waals surface area contributed by atoms with E-state index in [1.54, 1.807) is 4.68 Å². The normalized spacial score (nSPS) is 10.9. The number of hydrogen-bond acceptors (Lipinski definition) is 2. The van der Waals surface area contributed by atoms with E-state index >= 15 is 0 Å². The first-order valence-corrected chi connectivity index (χ1v) is 6.52. The smallest absolute Gasteiger partial charge is 0.212 e. The van der Waals surface area contributed by atoms with Gasteiger partial charge in [0.15, 0.2) is 0 Å². The number of aryl methyl sites for hydroxylation is 2. The molecule has 0 fully saturated rings. The van der Waals surface area contributed by atoms with Crippen LogP contribution in [0.25, 0.3) is 0 Å². The Bertz CT molecular complexity index is 318. The molecular formula is C13H24N2O. The van der Waals surface area contributed by atoms with Crippen LogP contribution in [0.5, 0.6) is 5.88 Å². The zero-order valence-electron chi connectivity index (χ0n) is 10.8. The van der Waals surface area contributed by atoms with Crippen LogP contribution in [0.4, 0.5) is 0 Å². The number of aromatic nitrogens is 2. The lowest BCUT2D eigenvalue weighted by Crippen LogP contribution is -1.96. The summed E-state index contributed by atoms with van der Waals surface area (Å²) in [6.07, 6.45) is 6.57. The molecule has 1 N–H and O–H groups in total. The van der Waals surface area contributed by atoms with Gasteiger partial charge < -0.3 is 5.11 Å². The van der Waals surface area contributed by atoms with Gasteiger partial charge in [0.05, 0.1) is 5.69 Å². The first kappa shape index (κ1) is 13.1. The fourth-order valence-corrected chi connectivity index (χ4v) is 1.91. The van der Waals surface area contributed by atoms with Crippen molar-refractivity contribution in [3.63, 3.8) is 0 Å². The highest BCUT2D eigenvalue weighted by Gasteiger charge is 2.15. The summed E-state index contributed by atoms with van der Waals surface area (Å²) in [4.78, 5) is 0. The van der Waals surface area contributed by atoms with E-state index < -0.39 is 0 Å². The lowest BCUT2D eigenvalue weighted by Gasteiger charge is -2.01. The molecule has 92 valence electrons. The van der Waals surface area contributed by atoms with Gasteiger partial charge in [-0.1, -0.05) is 26.7 Å². The van der Waals surface area contributed by atoms with Gasteiger partial charge in [0.1, 0.15) is 0 Å². The van der Waals surface area contributed by atoms with Gasteiger partial charge in [0, 0.05) is 12.1 Å². The second-order valence-corrected chi connectivity index (χ2v) is 4.27. The second kappa shape index (κ2) is 6.56. The molecule has 0 amide bonds. The number of hydrogen-bond donors (Lipinski definition) is 1. The van der Waals surface area contributed by atoms with Crippen molar-refractivity contribution >= 4 is 0 Å². The lowest BCUT2D eigenvalue weighted by atomic mass is 10.1. The number of nitrogens with zero attached hydrogens (tertiary/aromatic N) is 2. The molecule has 0 aliphatic heterocycles. The number of aromatic hydroxyl groups is 1. The van der Waals surface area contributed by atoms with Crippen LogP contribution in [0.3, 0.4) is 0 Å². The average Bonchev–Trinajstić information content (AvgIpc) is 2.60. The van der Waals surface area contributed by atoms with Crippen LogP contribution in [-0.2, 0) is 19.4 Å². The molecule has 0 bridgehead atoms. The molecule has 0 saturated heterocycles. The van der Waals surface area contributed by atoms with Gasteiger partial charge in [0.25, 0.3) is 0 Å². The maximum atomic E-state index is 10.0. The third-order valence-corrected chi connectivity index (χ3v) is 2.95. The van der Waals surface area contributed by atoms with Crippen molar-refractivity contribution in [2.45, 2.75) is 65.8 Å². The van der Waals surface area contributed by atoms with Crippen LogP contribution in [-0.4, -0.2) is 14.9 Å². The standard InChI is InChI=1S/C13H24N2O/c1-4-7-9-11-12(10-8-5-2)14-15(6-3)13(11)16/h16H,4-10H2,1-3H3. The Balaban J connectivity index is 2.85. The highest BCUT2D eigenvalue weighted by Crippen LogP contribution is 2.24. The van der Waals surface area contributed by atoms with Crippen LogP contribution >= 0.6 is 0 Å². The fraction of sp³-hybridized carbons (Fsp3) is 0.769. The summed E-state index contributed by atoms with van der Waals surface area (Å²) in [7, 11) is 0. The predicted octanol–water partition coefficient (Wildman–Crippen LogP) is 3.29. The Labute approximate surface area is 98.5 Å². The third kappa shape index (κ3) is 3.00. The van der Waals surface area contributed by atoms with Crippen molar-refractivity contribution in [1.29, 1.82) is 0 Å². The van der Waals surface area contributed by atoms with Crippen LogP contribution in [0.2, 0.25) is 0 Å². The van der Waals surface area contributed by atoms with Gasteiger partial charge in [-0.2, -0.15) is 5.10 Å². The number of rotatable bonds is 7. The molecule has 0 spiro atoms. The molecule has 0 unspecified atom stereocenters. The summed E-state index contributed by atoms with van der Waals surface area (Å²) in [5.74, 6) is 0.391. The second-order valence-electron chi connectivity index (χ2n) is 4.27. The summed E-state index contributed by atoms with van der Waals surface area (Å²) in [6.45, 7) is 7.12. The van der Waals surface area contributed by atoms with Gasteiger partial charge in [-0.15, -0.1) is 0 Å². The van der Waals surface area contributed by atoms with E-state index in [-0.39, 0.29) is 0 Å². The molecule has 0 radical (unpaired) electrons. The summed E-state index contributed by atoms with van der Waals surface area (Å²) >= 11 is 0. The van der Waals surface area contributed by atoms with E-state index in [1.165, 1.54) is 6.42 Å². The van der Waals surface area contributed by atoms with E-state index in [1.807, 2.05) is 6.92 Å². The van der Waals surface area contributed by atoms with Crippen molar-refractivity contribution < 1.29 is 5.11 Å². The summed E-state index contributed by atoms with van der Waals surface area (Å²) in [5.41, 5.74) is 2.19. The fourth-order valence-electron chi connectivity index (χ4n) is 1.91. The van der Waals surface area contributed by atoms with Crippen LogP contribution in [0.15, 0.2) is 0 Å². The molecular weight excluding hydrogens is 200 g/mol. The van der Waals surface area contributed by atoms with Crippen LogP contribution < -0.4 is 0 Å². The molecule has 1 rings (SSSR count). The zero-order chi connectivity index (χ0) is 12.0. The first-order valence-electron chi connectivity index (χ1n) is 6.52. The Morgan fingerprint density at radius 3 is 2.25 bits per heavy atom. The molecule has 0 aliphatic rings. The zero-order valence-corrected chi connectivity index (χ0v) is 10.8. The summed E-state index contributed by atoms with van der Waals surface area (Å²) < 4.78 is 1.72. The lowest BCUT2D eigenvalue weighted by molar-refractivity contribution is 0.399. The summed E-state index contributed by atoms with van der Waals surface area (Å²) in [6, 6.07) is 0. The van der Waals surface area contributed by atoms with Crippen molar-refractivity contribution in [2.75, 3.05) is 0 Å². The van der Waals surface area contributed by atoms with E-state index in [9.17, 15) is 5.11 Å². The van der Waals surface area contributed by atoms with Gasteiger partial charge in [-0.25, -0.2) is 4.68 Å². The highest BCUT2D eigenvalue weighted by molar-refractivity contribution is 5.31. The van der Waals surface area contributed by atoms with Crippen molar-refractivity contribution in [2.24, 2.45) is 0 Å². The molecule has 0 aliphatic carbocycles. The maximum absolute atomic E-state index is 10.0. The molecule has 1 aromatic rings. The van der Waals surface area contributed by atoms with Crippen LogP contribution in [0.1, 0.15) is 57.7 Å². The SMILES string of the molecule is CCCCc1nn(CC)c(O)c1CCCC. The average molecular weight is 224 g/mol. The Kier molecular flexibility index (Phi) is 5.36. The largest absolute Gasteiger partial charge is 0.493 e. The minimum atomic E-state index is 0.391. The monoisotopic (exact) mass is 224 g/mol. The van der Waals surface area contributed by atoms with E-state index in [2.05, 4.69) is 18.9 Å². The maximum Gasteiger partial charge on any atom is 0.212 e. The molecule has 1 heterocycles. The quantitative estimate of drug-likeness (QED) is 0.771. The first-order chi connectivity index (χ1) is 7.74. The van der Waals surface area contributed by atoms with Crippen molar-refractivity contribution in [3.8, 4) is 5.88 Å². The Morgan fingerprint density at radius 2 is 1.69 bits per heavy atom. The highest BCUT2D eigenvalue weighted by atomic mass is 16.3. The Morgan fingerprint density at radius 1 is 1.06 bits per heavy atom. The van der Waals surface area contributed by atoms with Crippen molar-refractivity contribution in [3.05, 3.63) is 11.3 Å². The molecule has 3 heteroatoms. The van der Waals surface area contributed by atoms with Gasteiger partial charge in [-0.05, 0) is 32.6 Å². The molecule has 0 saturated carbocycles. The van der Waals surface area contributed by atoms with Crippen LogP contribution in [0, 0.1) is 0 Å². The summed E-state index contributed by atoms with van der Waals surface area (Å²) in [5, 5.41) is 14.5. The topological polar surface area (TPSA) is 38.0 Å². The minimum absolute atomic E-state index is 0.391. The van der Waals surface area contributed by atoms with Gasteiger partial charge in [0.2, 0.25) is 5.88 Å². The van der Waals surface area contributed by atoms with E-state index in [0.717, 1.165) is 49.9 Å². The third-order valence-electron chi connectivity index (χ3n) is 2.95. The Hall–Kier alpha value is -0.990. The van der Waals surface area contributed by atoms with E-state index in [4.69, 9.17) is 0 Å². The molecule has 3 nitrogen and oxygen atoms in total. The molecule has 0 aromatic carbocycles.